The second kappa shape index (κ2) is 10.9. The van der Waals surface area contributed by atoms with E-state index in [0.29, 0.717) is 31.0 Å². The first kappa shape index (κ1) is 28.7. The number of hydrogen-bond acceptors (Lipinski definition) is 3. The van der Waals surface area contributed by atoms with Gasteiger partial charge in [-0.05, 0) is 67.4 Å². The first-order chi connectivity index (χ1) is 18.8. The third kappa shape index (κ3) is 6.09. The Labute approximate surface area is 227 Å². The van der Waals surface area contributed by atoms with Gasteiger partial charge in [0.25, 0.3) is 0 Å². The van der Waals surface area contributed by atoms with E-state index in [1.165, 1.54) is 12.1 Å². The van der Waals surface area contributed by atoms with Crippen molar-refractivity contribution in [1.82, 2.24) is 9.80 Å². The number of likely N-dealkylation sites (tertiary alicyclic amines) is 2. The average Bonchev–Trinajstić information content (AvgIpc) is 3.32. The molecular weight excluding hydrogens is 541 g/mol. The van der Waals surface area contributed by atoms with Crippen molar-refractivity contribution in [3.05, 3.63) is 70.7 Å². The van der Waals surface area contributed by atoms with Crippen LogP contribution in [0.5, 0.6) is 0 Å². The number of carbonyl (C=O) groups is 1. The number of aliphatic hydroxyl groups excluding tert-OH is 1. The predicted octanol–water partition coefficient (Wildman–Crippen LogP) is 6.46. The van der Waals surface area contributed by atoms with Crippen LogP contribution in [0.25, 0.3) is 0 Å². The fourth-order valence-electron chi connectivity index (χ4n) is 6.66. The predicted molar refractivity (Wildman–Crippen MR) is 133 cm³/mol. The summed E-state index contributed by atoms with van der Waals surface area (Å²) in [6.07, 6.45) is -5.89. The van der Waals surface area contributed by atoms with E-state index < -0.39 is 60.6 Å². The van der Waals surface area contributed by atoms with Crippen LogP contribution in [0.4, 0.5) is 30.7 Å². The Morgan fingerprint density at radius 3 is 2.38 bits per heavy atom. The minimum Gasteiger partial charge on any atom is -0.389 e. The molecule has 4 nitrogen and oxygen atoms in total. The first-order valence-electron chi connectivity index (χ1n) is 13.5. The number of halogens is 7. The van der Waals surface area contributed by atoms with Gasteiger partial charge in [0, 0.05) is 36.8 Å². The minimum absolute atomic E-state index is 0.0762. The van der Waals surface area contributed by atoms with Crippen LogP contribution < -0.4 is 0 Å². The summed E-state index contributed by atoms with van der Waals surface area (Å²) in [5, 5.41) is 10.1. The zero-order chi connectivity index (χ0) is 28.8. The third-order valence-corrected chi connectivity index (χ3v) is 8.58. The van der Waals surface area contributed by atoms with Gasteiger partial charge in [-0.2, -0.15) is 26.3 Å². The number of aliphatic hydroxyl groups is 1. The van der Waals surface area contributed by atoms with Gasteiger partial charge in [-0.25, -0.2) is 4.39 Å². The van der Waals surface area contributed by atoms with E-state index in [0.717, 1.165) is 31.2 Å². The van der Waals surface area contributed by atoms with Crippen LogP contribution in [0, 0.1) is 23.6 Å². The van der Waals surface area contributed by atoms with Gasteiger partial charge in [0.1, 0.15) is 5.82 Å². The monoisotopic (exact) mass is 572 g/mol. The van der Waals surface area contributed by atoms with Gasteiger partial charge >= 0.3 is 12.4 Å². The number of allylic oxidation sites excluding steroid dienone is 4. The summed E-state index contributed by atoms with van der Waals surface area (Å²) in [5.74, 6) is -3.24. The van der Waals surface area contributed by atoms with E-state index in [4.69, 9.17) is 0 Å². The minimum atomic E-state index is -4.93. The third-order valence-electron chi connectivity index (χ3n) is 8.58. The van der Waals surface area contributed by atoms with Crippen LogP contribution in [0.1, 0.15) is 50.1 Å². The average molecular weight is 573 g/mol. The Kier molecular flexibility index (Phi) is 7.80. The van der Waals surface area contributed by atoms with Crippen molar-refractivity contribution in [1.29, 1.82) is 0 Å². The molecular formula is C29H31F7N2O2. The second-order valence-electron chi connectivity index (χ2n) is 11.3. The molecule has 218 valence electrons. The van der Waals surface area contributed by atoms with E-state index in [-0.39, 0.29) is 24.0 Å². The number of piperidine rings is 1. The molecule has 1 aromatic rings. The number of carbonyl (C=O) groups excluding carboxylic acids is 1. The second-order valence-corrected chi connectivity index (χ2v) is 11.3. The number of fused-ring (bicyclic) bond motifs is 1. The van der Waals surface area contributed by atoms with Gasteiger partial charge < -0.3 is 14.9 Å². The Morgan fingerprint density at radius 2 is 1.73 bits per heavy atom. The van der Waals surface area contributed by atoms with Gasteiger partial charge in [-0.1, -0.05) is 24.3 Å². The van der Waals surface area contributed by atoms with Gasteiger partial charge in [0.15, 0.2) is 0 Å². The molecule has 2 heterocycles. The molecule has 0 spiro atoms. The van der Waals surface area contributed by atoms with Crippen molar-refractivity contribution >= 4 is 5.91 Å². The normalized spacial score (nSPS) is 29.5. The number of nitrogens with zero attached hydrogens (tertiary/aromatic N) is 2. The summed E-state index contributed by atoms with van der Waals surface area (Å²) >= 11 is 0. The number of hydrogen-bond donors (Lipinski definition) is 1. The smallest absolute Gasteiger partial charge is 0.389 e. The van der Waals surface area contributed by atoms with Crippen LogP contribution in [-0.4, -0.2) is 58.9 Å². The summed E-state index contributed by atoms with van der Waals surface area (Å²) < 4.78 is 94.4. The highest BCUT2D eigenvalue weighted by atomic mass is 19.4. The van der Waals surface area contributed by atoms with E-state index in [2.05, 4.69) is 4.90 Å². The van der Waals surface area contributed by atoms with Crippen molar-refractivity contribution in [2.75, 3.05) is 19.6 Å². The van der Waals surface area contributed by atoms with E-state index >= 15 is 0 Å². The van der Waals surface area contributed by atoms with Crippen LogP contribution in [0.2, 0.25) is 0 Å². The molecule has 11 heteroatoms. The molecule has 4 aliphatic rings. The lowest BCUT2D eigenvalue weighted by Crippen LogP contribution is -2.46. The summed E-state index contributed by atoms with van der Waals surface area (Å²) in [6, 6.07) is 5.21. The van der Waals surface area contributed by atoms with Crippen molar-refractivity contribution in [3.63, 3.8) is 0 Å². The SMILES string of the molecule is O=C(CC1=CC(C(F)(F)F)CC(C(F)(F)F)=C1)N1CC[C@@H]2CN(C3=CC(O)CCC3)CC2C1c1ccc(F)cc1. The highest BCUT2D eigenvalue weighted by Gasteiger charge is 2.48. The van der Waals surface area contributed by atoms with Crippen LogP contribution in [-0.2, 0) is 4.79 Å². The Bertz CT molecular complexity index is 1200. The van der Waals surface area contributed by atoms with E-state index in [1.807, 2.05) is 6.08 Å². The molecule has 2 aliphatic heterocycles. The summed E-state index contributed by atoms with van der Waals surface area (Å²) in [6.45, 7) is 1.58. The summed E-state index contributed by atoms with van der Waals surface area (Å²) in [4.78, 5) is 17.4. The van der Waals surface area contributed by atoms with Crippen molar-refractivity contribution in [2.45, 2.75) is 63.0 Å². The quantitative estimate of drug-likeness (QED) is 0.421. The molecule has 1 amide bonds. The van der Waals surface area contributed by atoms with Crippen LogP contribution in [0.15, 0.2) is 59.3 Å². The van der Waals surface area contributed by atoms with Crippen LogP contribution >= 0.6 is 0 Å². The lowest BCUT2D eigenvalue weighted by Gasteiger charge is -2.43. The fraction of sp³-hybridized carbons (Fsp3) is 0.552. The number of alkyl halides is 6. The van der Waals surface area contributed by atoms with Crippen molar-refractivity contribution < 1.29 is 40.6 Å². The maximum absolute atomic E-state index is 13.8. The van der Waals surface area contributed by atoms with E-state index in [9.17, 15) is 40.6 Å². The van der Waals surface area contributed by atoms with Gasteiger partial charge in [0.05, 0.1) is 24.5 Å². The molecule has 1 aromatic carbocycles. The molecule has 4 unspecified atom stereocenters. The van der Waals surface area contributed by atoms with Crippen LogP contribution in [0.3, 0.4) is 0 Å². The maximum Gasteiger partial charge on any atom is 0.412 e. The molecule has 0 aromatic heterocycles. The van der Waals surface area contributed by atoms with Gasteiger partial charge in [0.2, 0.25) is 5.91 Å². The van der Waals surface area contributed by atoms with Gasteiger partial charge in [-0.3, -0.25) is 4.79 Å². The molecule has 0 bridgehead atoms. The van der Waals surface area contributed by atoms with Crippen molar-refractivity contribution in [2.24, 2.45) is 17.8 Å². The Morgan fingerprint density at radius 1 is 1.00 bits per heavy atom. The number of benzene rings is 1. The summed E-state index contributed by atoms with van der Waals surface area (Å²) in [5.41, 5.74) is 0.101. The summed E-state index contributed by atoms with van der Waals surface area (Å²) in [7, 11) is 0. The van der Waals surface area contributed by atoms with Crippen molar-refractivity contribution in [3.8, 4) is 0 Å². The maximum atomic E-state index is 13.8. The molecule has 0 saturated carbocycles. The standard InChI is InChI=1S/C29H31F7N2O2/c30-22-6-4-18(5-7-22)27-25-16-37(23-2-1-3-24(39)14-23)15-19(25)8-9-38(27)26(40)12-17-10-20(28(31,32)33)13-21(11-17)29(34,35)36/h4-7,10-11,14,19-20,24-25,27,39H,1-3,8-9,12-13,15-16H2/t19-,20?,24?,25?,27?/m1/s1. The van der Waals surface area contributed by atoms with Gasteiger partial charge in [-0.15, -0.1) is 0 Å². The fourth-order valence-corrected chi connectivity index (χ4v) is 6.66. The molecule has 2 fully saturated rings. The molecule has 1 N–H and O–H groups in total. The highest BCUT2D eigenvalue weighted by molar-refractivity contribution is 5.80. The molecule has 5 atom stereocenters. The lowest BCUT2D eigenvalue weighted by molar-refractivity contribution is -0.166. The highest BCUT2D eigenvalue weighted by Crippen LogP contribution is 2.47. The molecule has 2 aliphatic carbocycles. The largest absolute Gasteiger partial charge is 0.412 e. The molecule has 5 rings (SSSR count). The topological polar surface area (TPSA) is 43.8 Å². The van der Waals surface area contributed by atoms with E-state index in [1.54, 1.807) is 17.0 Å². The zero-order valence-corrected chi connectivity index (χ0v) is 21.7. The molecule has 2 saturated heterocycles. The Balaban J connectivity index is 1.43. The first-order valence-corrected chi connectivity index (χ1v) is 13.5. The molecule has 40 heavy (non-hydrogen) atoms. The zero-order valence-electron chi connectivity index (χ0n) is 21.7. The lowest BCUT2D eigenvalue weighted by atomic mass is 9.78. The molecule has 0 radical (unpaired) electrons. The number of amides is 1. The number of rotatable bonds is 4. The Hall–Kier alpha value is -2.82.